The zero-order chi connectivity index (χ0) is 13.1. The van der Waals surface area contributed by atoms with E-state index in [-0.39, 0.29) is 6.61 Å². The monoisotopic (exact) mass is 239 g/mol. The van der Waals surface area contributed by atoms with E-state index >= 15 is 0 Å². The van der Waals surface area contributed by atoms with E-state index < -0.39 is 11.0 Å². The van der Waals surface area contributed by atoms with Crippen LogP contribution in [-0.4, -0.2) is 24.4 Å². The van der Waals surface area contributed by atoms with Gasteiger partial charge in [-0.05, 0) is 44.4 Å². The highest BCUT2D eigenvalue weighted by molar-refractivity contribution is 5.11. The van der Waals surface area contributed by atoms with E-state index in [0.29, 0.717) is 11.8 Å². The van der Waals surface area contributed by atoms with Crippen LogP contribution in [0.2, 0.25) is 0 Å². The Morgan fingerprint density at radius 3 is 2.35 bits per heavy atom. The second kappa shape index (κ2) is 5.37. The minimum atomic E-state index is -1.04. The lowest BCUT2D eigenvalue weighted by molar-refractivity contribution is -0.107. The average molecular weight is 239 g/mol. The van der Waals surface area contributed by atoms with Crippen molar-refractivity contribution in [1.29, 1.82) is 5.26 Å². The molecule has 0 aromatic carbocycles. The van der Waals surface area contributed by atoms with Crippen molar-refractivity contribution in [2.45, 2.75) is 52.1 Å². The smallest absolute Gasteiger partial charge is 0.104 e. The predicted molar refractivity (Wildman–Crippen MR) is 67.3 cm³/mol. The number of aliphatic hydroxyl groups is 1. The molecule has 1 fully saturated rings. The molecule has 1 rings (SSSR count). The van der Waals surface area contributed by atoms with Crippen LogP contribution in [0.25, 0.3) is 0 Å². The molecule has 1 aliphatic carbocycles. The molecule has 0 saturated heterocycles. The van der Waals surface area contributed by atoms with Gasteiger partial charge in [-0.2, -0.15) is 5.26 Å². The molecule has 3 nitrogen and oxygen atoms in total. The van der Waals surface area contributed by atoms with Crippen molar-refractivity contribution in [2.75, 3.05) is 13.7 Å². The van der Waals surface area contributed by atoms with Gasteiger partial charge in [0, 0.05) is 7.11 Å². The summed E-state index contributed by atoms with van der Waals surface area (Å²) in [6.07, 6.45) is 3.63. The van der Waals surface area contributed by atoms with E-state index in [9.17, 15) is 10.4 Å². The standard InChI is InChI=1S/C14H25NO2/c1-11(2)12-5-7-14(9-15,8-6-12)13(3,16)10-17-4/h11-12,16H,5-8,10H2,1-4H3. The molecule has 1 saturated carbocycles. The maximum atomic E-state index is 10.5. The van der Waals surface area contributed by atoms with Gasteiger partial charge in [-0.25, -0.2) is 0 Å². The summed E-state index contributed by atoms with van der Waals surface area (Å²) in [5, 5.41) is 19.9. The molecular formula is C14H25NO2. The van der Waals surface area contributed by atoms with Crippen LogP contribution in [-0.2, 0) is 4.74 Å². The topological polar surface area (TPSA) is 53.2 Å². The van der Waals surface area contributed by atoms with Gasteiger partial charge in [0.1, 0.15) is 5.60 Å². The molecule has 1 N–H and O–H groups in total. The van der Waals surface area contributed by atoms with Crippen molar-refractivity contribution in [3.8, 4) is 6.07 Å². The number of nitriles is 1. The normalized spacial score (nSPS) is 33.1. The number of ether oxygens (including phenoxy) is 1. The van der Waals surface area contributed by atoms with Gasteiger partial charge in [0.2, 0.25) is 0 Å². The highest BCUT2D eigenvalue weighted by atomic mass is 16.5. The third-order valence-corrected chi connectivity index (χ3v) is 4.50. The summed E-state index contributed by atoms with van der Waals surface area (Å²) in [4.78, 5) is 0. The maximum Gasteiger partial charge on any atom is 0.104 e. The number of rotatable bonds is 4. The number of hydrogen-bond donors (Lipinski definition) is 1. The molecule has 0 aromatic rings. The summed E-state index contributed by atoms with van der Waals surface area (Å²) in [7, 11) is 1.57. The van der Waals surface area contributed by atoms with Gasteiger partial charge >= 0.3 is 0 Å². The Morgan fingerprint density at radius 2 is 2.00 bits per heavy atom. The van der Waals surface area contributed by atoms with Crippen LogP contribution in [0.4, 0.5) is 0 Å². The Kier molecular flexibility index (Phi) is 4.57. The van der Waals surface area contributed by atoms with Gasteiger partial charge in [-0.15, -0.1) is 0 Å². The largest absolute Gasteiger partial charge is 0.386 e. The third-order valence-electron chi connectivity index (χ3n) is 4.50. The van der Waals surface area contributed by atoms with Crippen LogP contribution in [0.5, 0.6) is 0 Å². The Labute approximate surface area is 105 Å². The fourth-order valence-corrected chi connectivity index (χ4v) is 2.99. The second-order valence-corrected chi connectivity index (χ2v) is 5.98. The lowest BCUT2D eigenvalue weighted by Crippen LogP contribution is -2.50. The van der Waals surface area contributed by atoms with Gasteiger partial charge in [0.15, 0.2) is 0 Å². The minimum Gasteiger partial charge on any atom is -0.386 e. The van der Waals surface area contributed by atoms with Crippen molar-refractivity contribution >= 4 is 0 Å². The third kappa shape index (κ3) is 2.81. The molecule has 98 valence electrons. The van der Waals surface area contributed by atoms with Crippen LogP contribution >= 0.6 is 0 Å². The average Bonchev–Trinajstić information content (AvgIpc) is 2.28. The molecule has 3 heteroatoms. The molecule has 1 aliphatic rings. The van der Waals surface area contributed by atoms with Crippen LogP contribution in [0.3, 0.4) is 0 Å². The lowest BCUT2D eigenvalue weighted by Gasteiger charge is -2.45. The Balaban J connectivity index is 2.78. The van der Waals surface area contributed by atoms with Crippen molar-refractivity contribution in [3.05, 3.63) is 0 Å². The quantitative estimate of drug-likeness (QED) is 0.820. The van der Waals surface area contributed by atoms with E-state index in [1.165, 1.54) is 0 Å². The van der Waals surface area contributed by atoms with Gasteiger partial charge < -0.3 is 9.84 Å². The summed E-state index contributed by atoms with van der Waals surface area (Å²) in [6.45, 7) is 6.43. The molecule has 1 unspecified atom stereocenters. The highest BCUT2D eigenvalue weighted by Gasteiger charge is 2.49. The van der Waals surface area contributed by atoms with Crippen LogP contribution in [0, 0.1) is 28.6 Å². The number of hydrogen-bond acceptors (Lipinski definition) is 3. The Hall–Kier alpha value is -0.590. The molecule has 0 spiro atoms. The molecule has 1 atom stereocenters. The van der Waals surface area contributed by atoms with Crippen molar-refractivity contribution in [1.82, 2.24) is 0 Å². The minimum absolute atomic E-state index is 0.229. The van der Waals surface area contributed by atoms with Crippen LogP contribution in [0.15, 0.2) is 0 Å². The summed E-state index contributed by atoms with van der Waals surface area (Å²) < 4.78 is 5.06. The Bertz CT molecular complexity index is 283. The van der Waals surface area contributed by atoms with Crippen molar-refractivity contribution < 1.29 is 9.84 Å². The zero-order valence-electron chi connectivity index (χ0n) is 11.5. The van der Waals surface area contributed by atoms with E-state index in [1.54, 1.807) is 14.0 Å². The van der Waals surface area contributed by atoms with Crippen molar-refractivity contribution in [2.24, 2.45) is 17.3 Å². The molecule has 0 aliphatic heterocycles. The molecule has 17 heavy (non-hydrogen) atoms. The summed E-state index contributed by atoms with van der Waals surface area (Å²) >= 11 is 0. The summed E-state index contributed by atoms with van der Waals surface area (Å²) in [6, 6.07) is 2.37. The first-order valence-electron chi connectivity index (χ1n) is 6.51. The first kappa shape index (κ1) is 14.5. The van der Waals surface area contributed by atoms with Crippen molar-refractivity contribution in [3.63, 3.8) is 0 Å². The predicted octanol–water partition coefficient (Wildman–Crippen LogP) is 2.74. The number of methoxy groups -OCH3 is 1. The second-order valence-electron chi connectivity index (χ2n) is 5.98. The number of nitrogens with zero attached hydrogens (tertiary/aromatic N) is 1. The molecule has 0 aromatic heterocycles. The lowest BCUT2D eigenvalue weighted by atomic mass is 9.61. The summed E-state index contributed by atoms with van der Waals surface area (Å²) in [5.41, 5.74) is -1.67. The van der Waals surface area contributed by atoms with Gasteiger partial charge in [-0.3, -0.25) is 0 Å². The molecule has 0 radical (unpaired) electrons. The van der Waals surface area contributed by atoms with Crippen LogP contribution < -0.4 is 0 Å². The fraction of sp³-hybridized carbons (Fsp3) is 0.929. The SMILES string of the molecule is COCC(C)(O)C1(C#N)CCC(C(C)C)CC1. The van der Waals surface area contributed by atoms with Crippen LogP contribution in [0.1, 0.15) is 46.5 Å². The fourth-order valence-electron chi connectivity index (χ4n) is 2.99. The van der Waals surface area contributed by atoms with E-state index in [1.807, 2.05) is 0 Å². The highest BCUT2D eigenvalue weighted by Crippen LogP contribution is 2.47. The first-order valence-corrected chi connectivity index (χ1v) is 6.51. The molecule has 0 heterocycles. The summed E-state index contributed by atoms with van der Waals surface area (Å²) in [5.74, 6) is 1.36. The molecular weight excluding hydrogens is 214 g/mol. The van der Waals surface area contributed by atoms with Gasteiger partial charge in [0.25, 0.3) is 0 Å². The molecule has 0 bridgehead atoms. The maximum absolute atomic E-state index is 10.5. The van der Waals surface area contributed by atoms with Gasteiger partial charge in [-0.1, -0.05) is 13.8 Å². The van der Waals surface area contributed by atoms with Gasteiger partial charge in [0.05, 0.1) is 18.1 Å². The molecule has 0 amide bonds. The Morgan fingerprint density at radius 1 is 1.47 bits per heavy atom. The zero-order valence-corrected chi connectivity index (χ0v) is 11.5. The van der Waals surface area contributed by atoms with E-state index in [0.717, 1.165) is 25.7 Å². The first-order chi connectivity index (χ1) is 7.88. The van der Waals surface area contributed by atoms with E-state index in [4.69, 9.17) is 4.74 Å². The van der Waals surface area contributed by atoms with E-state index in [2.05, 4.69) is 19.9 Å².